The molecule has 0 aliphatic heterocycles. The fourth-order valence-electron chi connectivity index (χ4n) is 1.42. The van der Waals surface area contributed by atoms with E-state index in [1.807, 2.05) is 0 Å². The van der Waals surface area contributed by atoms with Gasteiger partial charge >= 0.3 is 0 Å². The van der Waals surface area contributed by atoms with Gasteiger partial charge in [-0.25, -0.2) is 0 Å². The predicted molar refractivity (Wildman–Crippen MR) is 54.8 cm³/mol. The zero-order valence-corrected chi connectivity index (χ0v) is 9.45. The van der Waals surface area contributed by atoms with Crippen LogP contribution >= 0.6 is 11.6 Å². The Balaban J connectivity index is 3.83. The molecule has 0 saturated heterocycles. The molecule has 1 unspecified atom stereocenters. The lowest BCUT2D eigenvalue weighted by Crippen LogP contribution is -2.26. The summed E-state index contributed by atoms with van der Waals surface area (Å²) >= 11 is 5.85. The Bertz CT molecular complexity index is 112. The molecule has 12 heavy (non-hydrogen) atoms. The smallest absolute Gasteiger partial charge is 0.0625 e. The Labute approximate surface area is 81.4 Å². The third-order valence-electron chi connectivity index (χ3n) is 2.25. The second-order valence-electron chi connectivity index (χ2n) is 3.98. The van der Waals surface area contributed by atoms with Gasteiger partial charge in [-0.05, 0) is 32.6 Å². The minimum atomic E-state index is -0.0191. The van der Waals surface area contributed by atoms with Crippen LogP contribution in [0.3, 0.4) is 0 Å². The summed E-state index contributed by atoms with van der Waals surface area (Å²) in [6.07, 6.45) is 3.47. The first-order valence-electron chi connectivity index (χ1n) is 4.67. The van der Waals surface area contributed by atoms with Gasteiger partial charge in [-0.1, -0.05) is 13.3 Å². The number of hydrogen-bond donors (Lipinski definition) is 0. The summed E-state index contributed by atoms with van der Waals surface area (Å²) in [7, 11) is 1.76. The topological polar surface area (TPSA) is 9.23 Å². The van der Waals surface area contributed by atoms with E-state index in [0.717, 1.165) is 12.3 Å². The maximum atomic E-state index is 5.85. The molecule has 0 aliphatic carbocycles. The van der Waals surface area contributed by atoms with E-state index in [2.05, 4.69) is 20.8 Å². The largest absolute Gasteiger partial charge is 0.379 e. The predicted octanol–water partition coefficient (Wildman–Crippen LogP) is 3.46. The zero-order valence-electron chi connectivity index (χ0n) is 8.69. The van der Waals surface area contributed by atoms with E-state index in [-0.39, 0.29) is 5.60 Å². The van der Waals surface area contributed by atoms with Crippen LogP contribution in [0.15, 0.2) is 0 Å². The maximum absolute atomic E-state index is 5.85. The van der Waals surface area contributed by atoms with E-state index in [4.69, 9.17) is 16.3 Å². The van der Waals surface area contributed by atoms with Gasteiger partial charge in [0, 0.05) is 13.0 Å². The van der Waals surface area contributed by atoms with Crippen molar-refractivity contribution in [2.24, 2.45) is 5.92 Å². The molecule has 0 fully saturated rings. The van der Waals surface area contributed by atoms with Gasteiger partial charge in [0.15, 0.2) is 0 Å². The zero-order chi connectivity index (χ0) is 9.61. The quantitative estimate of drug-likeness (QED) is 0.586. The molecule has 0 rings (SSSR count). The van der Waals surface area contributed by atoms with Crippen LogP contribution in [0.2, 0.25) is 0 Å². The minimum Gasteiger partial charge on any atom is -0.379 e. The fourth-order valence-corrected chi connectivity index (χ4v) is 1.68. The van der Waals surface area contributed by atoms with Crippen molar-refractivity contribution in [1.82, 2.24) is 0 Å². The van der Waals surface area contributed by atoms with E-state index >= 15 is 0 Å². The van der Waals surface area contributed by atoms with Crippen molar-refractivity contribution in [1.29, 1.82) is 0 Å². The lowest BCUT2D eigenvalue weighted by molar-refractivity contribution is 0.00334. The Kier molecular flexibility index (Phi) is 5.94. The standard InChI is InChI=1S/C10H21ClO/c1-5-6-9(8-11)7-10(2,3)12-4/h9H,5-8H2,1-4H3. The first-order chi connectivity index (χ1) is 5.55. The van der Waals surface area contributed by atoms with Gasteiger partial charge in [0.05, 0.1) is 5.60 Å². The fraction of sp³-hybridized carbons (Fsp3) is 1.00. The van der Waals surface area contributed by atoms with Crippen LogP contribution < -0.4 is 0 Å². The van der Waals surface area contributed by atoms with Crippen molar-refractivity contribution >= 4 is 11.6 Å². The molecule has 0 aromatic heterocycles. The average Bonchev–Trinajstić information content (AvgIpc) is 2.03. The van der Waals surface area contributed by atoms with E-state index in [9.17, 15) is 0 Å². The van der Waals surface area contributed by atoms with Crippen LogP contribution in [0.4, 0.5) is 0 Å². The Hall–Kier alpha value is 0.250. The highest BCUT2D eigenvalue weighted by Gasteiger charge is 2.21. The Morgan fingerprint density at radius 2 is 2.00 bits per heavy atom. The summed E-state index contributed by atoms with van der Waals surface area (Å²) in [4.78, 5) is 0. The van der Waals surface area contributed by atoms with Crippen molar-refractivity contribution in [3.05, 3.63) is 0 Å². The van der Waals surface area contributed by atoms with Gasteiger partial charge in [-0.15, -0.1) is 11.6 Å². The summed E-state index contributed by atoms with van der Waals surface area (Å²) in [5.41, 5.74) is -0.0191. The van der Waals surface area contributed by atoms with Crippen LogP contribution in [0.25, 0.3) is 0 Å². The lowest BCUT2D eigenvalue weighted by atomic mass is 9.91. The molecule has 1 nitrogen and oxygen atoms in total. The molecular formula is C10H21ClO. The van der Waals surface area contributed by atoms with Gasteiger partial charge in [0.1, 0.15) is 0 Å². The molecule has 0 saturated carbocycles. The molecular weight excluding hydrogens is 172 g/mol. The molecule has 0 bridgehead atoms. The van der Waals surface area contributed by atoms with Gasteiger partial charge in [0.25, 0.3) is 0 Å². The third-order valence-corrected chi connectivity index (χ3v) is 2.68. The molecule has 0 spiro atoms. The second kappa shape index (κ2) is 5.82. The molecule has 1 atom stereocenters. The summed E-state index contributed by atoms with van der Waals surface area (Å²) in [6.45, 7) is 6.42. The normalized spacial score (nSPS) is 14.8. The summed E-state index contributed by atoms with van der Waals surface area (Å²) < 4.78 is 5.36. The molecule has 0 aromatic rings. The summed E-state index contributed by atoms with van der Waals surface area (Å²) in [6, 6.07) is 0. The highest BCUT2D eigenvalue weighted by molar-refractivity contribution is 6.18. The Morgan fingerprint density at radius 3 is 2.33 bits per heavy atom. The van der Waals surface area contributed by atoms with Gasteiger partial charge in [-0.3, -0.25) is 0 Å². The monoisotopic (exact) mass is 192 g/mol. The van der Waals surface area contributed by atoms with Crippen LogP contribution in [-0.4, -0.2) is 18.6 Å². The van der Waals surface area contributed by atoms with E-state index in [0.29, 0.717) is 5.92 Å². The van der Waals surface area contributed by atoms with Crippen molar-refractivity contribution in [2.75, 3.05) is 13.0 Å². The van der Waals surface area contributed by atoms with Crippen LogP contribution in [0, 0.1) is 5.92 Å². The van der Waals surface area contributed by atoms with E-state index in [1.165, 1.54) is 12.8 Å². The summed E-state index contributed by atoms with van der Waals surface area (Å²) in [5.74, 6) is 1.35. The minimum absolute atomic E-state index is 0.0191. The van der Waals surface area contributed by atoms with Crippen LogP contribution in [0.5, 0.6) is 0 Å². The van der Waals surface area contributed by atoms with Crippen molar-refractivity contribution in [3.8, 4) is 0 Å². The number of alkyl halides is 1. The van der Waals surface area contributed by atoms with E-state index in [1.54, 1.807) is 7.11 Å². The SMILES string of the molecule is CCCC(CCl)CC(C)(C)OC. The van der Waals surface area contributed by atoms with Crippen molar-refractivity contribution in [3.63, 3.8) is 0 Å². The molecule has 74 valence electrons. The van der Waals surface area contributed by atoms with Crippen LogP contribution in [-0.2, 0) is 4.74 Å². The number of rotatable bonds is 6. The van der Waals surface area contributed by atoms with Crippen molar-refractivity contribution < 1.29 is 4.74 Å². The molecule has 0 N–H and O–H groups in total. The number of ether oxygens (including phenoxy) is 1. The highest BCUT2D eigenvalue weighted by atomic mass is 35.5. The molecule has 0 radical (unpaired) electrons. The molecule has 0 aromatic carbocycles. The second-order valence-corrected chi connectivity index (χ2v) is 4.29. The third kappa shape index (κ3) is 5.00. The first-order valence-corrected chi connectivity index (χ1v) is 5.20. The van der Waals surface area contributed by atoms with Gasteiger partial charge in [0.2, 0.25) is 0 Å². The highest BCUT2D eigenvalue weighted by Crippen LogP contribution is 2.23. The first kappa shape index (κ1) is 12.2. The molecule has 0 aliphatic rings. The van der Waals surface area contributed by atoms with Crippen molar-refractivity contribution in [2.45, 2.75) is 45.6 Å². The lowest BCUT2D eigenvalue weighted by Gasteiger charge is -2.27. The maximum Gasteiger partial charge on any atom is 0.0625 e. The summed E-state index contributed by atoms with van der Waals surface area (Å²) in [5, 5.41) is 0. The van der Waals surface area contributed by atoms with Crippen LogP contribution in [0.1, 0.15) is 40.0 Å². The number of hydrogen-bond acceptors (Lipinski definition) is 1. The molecule has 0 amide bonds. The molecule has 2 heteroatoms. The number of methoxy groups -OCH3 is 1. The average molecular weight is 193 g/mol. The Morgan fingerprint density at radius 1 is 1.42 bits per heavy atom. The van der Waals surface area contributed by atoms with Gasteiger partial charge in [-0.2, -0.15) is 0 Å². The number of halogens is 1. The van der Waals surface area contributed by atoms with Gasteiger partial charge < -0.3 is 4.74 Å². The van der Waals surface area contributed by atoms with E-state index < -0.39 is 0 Å². The molecule has 0 heterocycles.